The highest BCUT2D eigenvalue weighted by molar-refractivity contribution is 6.14. The lowest BCUT2D eigenvalue weighted by molar-refractivity contribution is -0.137. The number of ketones is 1. The summed E-state index contributed by atoms with van der Waals surface area (Å²) in [5.41, 5.74) is 2.46. The maximum Gasteiger partial charge on any atom is 0.313 e. The first-order valence-corrected chi connectivity index (χ1v) is 7.81. The molecule has 0 spiro atoms. The van der Waals surface area contributed by atoms with Gasteiger partial charge in [-0.2, -0.15) is 0 Å². The van der Waals surface area contributed by atoms with E-state index in [1.165, 1.54) is 0 Å². The highest BCUT2D eigenvalue weighted by Crippen LogP contribution is 2.35. The van der Waals surface area contributed by atoms with Gasteiger partial charge in [0.1, 0.15) is 11.5 Å². The molecule has 0 bridgehead atoms. The fourth-order valence-corrected chi connectivity index (χ4v) is 2.35. The van der Waals surface area contributed by atoms with Gasteiger partial charge in [-0.15, -0.1) is 0 Å². The van der Waals surface area contributed by atoms with Crippen molar-refractivity contribution in [2.45, 2.75) is 20.8 Å². The summed E-state index contributed by atoms with van der Waals surface area (Å²) in [5, 5.41) is 0. The minimum atomic E-state index is -0.324. The highest BCUT2D eigenvalue weighted by atomic mass is 16.5. The van der Waals surface area contributed by atoms with E-state index in [1.54, 1.807) is 38.1 Å². The van der Waals surface area contributed by atoms with E-state index in [0.29, 0.717) is 17.1 Å². The maximum atomic E-state index is 12.5. The molecule has 0 atom stereocenters. The van der Waals surface area contributed by atoms with E-state index in [9.17, 15) is 9.59 Å². The van der Waals surface area contributed by atoms with Crippen LogP contribution in [0.4, 0.5) is 0 Å². The van der Waals surface area contributed by atoms with Gasteiger partial charge in [-0.05, 0) is 36.3 Å². The largest absolute Gasteiger partial charge is 0.452 e. The topological polar surface area (TPSA) is 52.6 Å². The van der Waals surface area contributed by atoms with Crippen molar-refractivity contribution in [3.05, 3.63) is 64.9 Å². The van der Waals surface area contributed by atoms with Gasteiger partial charge < -0.3 is 9.47 Å². The number of hydrogen-bond acceptors (Lipinski definition) is 4. The number of benzene rings is 2. The van der Waals surface area contributed by atoms with Gasteiger partial charge in [0.2, 0.25) is 5.78 Å². The number of carbonyl (C=O) groups is 2. The second-order valence-corrected chi connectivity index (χ2v) is 6.03. The number of allylic oxidation sites excluding steroid dienone is 1. The first-order chi connectivity index (χ1) is 11.5. The molecule has 0 unspecified atom stereocenters. The second kappa shape index (κ2) is 6.32. The molecule has 2 aromatic rings. The first-order valence-electron chi connectivity index (χ1n) is 7.81. The fraction of sp³-hybridized carbons (Fsp3) is 0.200. The van der Waals surface area contributed by atoms with E-state index in [0.717, 1.165) is 11.1 Å². The molecule has 4 nitrogen and oxygen atoms in total. The molecule has 0 radical (unpaired) electrons. The van der Waals surface area contributed by atoms with Crippen molar-refractivity contribution >= 4 is 17.8 Å². The molecular formula is C20H18O4. The Bertz CT molecular complexity index is 846. The van der Waals surface area contributed by atoms with Crippen molar-refractivity contribution in [1.82, 2.24) is 0 Å². The minimum Gasteiger partial charge on any atom is -0.452 e. The van der Waals surface area contributed by atoms with Crippen molar-refractivity contribution in [2.75, 3.05) is 0 Å². The fourth-order valence-electron chi connectivity index (χ4n) is 2.35. The Morgan fingerprint density at radius 3 is 2.62 bits per heavy atom. The van der Waals surface area contributed by atoms with Gasteiger partial charge in [0.05, 0.1) is 11.5 Å². The van der Waals surface area contributed by atoms with E-state index in [2.05, 4.69) is 0 Å². The van der Waals surface area contributed by atoms with Crippen molar-refractivity contribution in [3.63, 3.8) is 0 Å². The average Bonchev–Trinajstić information content (AvgIpc) is 2.85. The summed E-state index contributed by atoms with van der Waals surface area (Å²) in [6.45, 7) is 5.50. The Balaban J connectivity index is 1.88. The van der Waals surface area contributed by atoms with Crippen LogP contribution in [0.25, 0.3) is 6.08 Å². The molecule has 122 valence electrons. The average molecular weight is 322 g/mol. The molecule has 0 amide bonds. The number of ether oxygens (including phenoxy) is 2. The van der Waals surface area contributed by atoms with Gasteiger partial charge in [0.15, 0.2) is 5.76 Å². The number of aryl methyl sites for hydroxylation is 1. The van der Waals surface area contributed by atoms with Crippen LogP contribution in [0.1, 0.15) is 35.3 Å². The molecule has 1 heterocycles. The first kappa shape index (κ1) is 16.0. The van der Waals surface area contributed by atoms with Gasteiger partial charge in [-0.3, -0.25) is 9.59 Å². The zero-order valence-electron chi connectivity index (χ0n) is 13.8. The number of esters is 1. The van der Waals surface area contributed by atoms with Crippen LogP contribution in [0.15, 0.2) is 48.2 Å². The van der Waals surface area contributed by atoms with Gasteiger partial charge >= 0.3 is 5.97 Å². The second-order valence-electron chi connectivity index (χ2n) is 6.03. The molecule has 4 heteroatoms. The SMILES string of the molecule is Cc1ccccc1/C=C1\Oc2cc(OC(=O)C(C)C)ccc2C1=O. The van der Waals surface area contributed by atoms with Gasteiger partial charge in [-0.25, -0.2) is 0 Å². The summed E-state index contributed by atoms with van der Waals surface area (Å²) < 4.78 is 10.9. The quantitative estimate of drug-likeness (QED) is 0.483. The predicted octanol–water partition coefficient (Wildman–Crippen LogP) is 4.17. The van der Waals surface area contributed by atoms with E-state index >= 15 is 0 Å². The summed E-state index contributed by atoms with van der Waals surface area (Å²) in [6, 6.07) is 12.6. The third-order valence-corrected chi connectivity index (χ3v) is 3.81. The molecule has 0 saturated heterocycles. The van der Waals surface area contributed by atoms with Crippen LogP contribution in [-0.2, 0) is 4.79 Å². The van der Waals surface area contributed by atoms with Gasteiger partial charge in [0.25, 0.3) is 0 Å². The Morgan fingerprint density at radius 1 is 1.17 bits per heavy atom. The van der Waals surface area contributed by atoms with Crippen molar-refractivity contribution in [1.29, 1.82) is 0 Å². The lowest BCUT2D eigenvalue weighted by Crippen LogP contribution is -2.14. The van der Waals surface area contributed by atoms with E-state index < -0.39 is 0 Å². The Hall–Kier alpha value is -2.88. The van der Waals surface area contributed by atoms with Crippen LogP contribution < -0.4 is 9.47 Å². The third-order valence-electron chi connectivity index (χ3n) is 3.81. The lowest BCUT2D eigenvalue weighted by atomic mass is 10.1. The van der Waals surface area contributed by atoms with E-state index in [-0.39, 0.29) is 23.4 Å². The Kier molecular flexibility index (Phi) is 4.21. The third kappa shape index (κ3) is 3.08. The van der Waals surface area contributed by atoms with Crippen molar-refractivity contribution in [2.24, 2.45) is 5.92 Å². The molecule has 0 aromatic heterocycles. The molecule has 0 aliphatic carbocycles. The summed E-state index contributed by atoms with van der Waals surface area (Å²) in [7, 11) is 0. The van der Waals surface area contributed by atoms with Crippen molar-refractivity contribution in [3.8, 4) is 11.5 Å². The normalized spacial score (nSPS) is 14.7. The summed E-state index contributed by atoms with van der Waals surface area (Å²) >= 11 is 0. The Morgan fingerprint density at radius 2 is 1.92 bits per heavy atom. The summed E-state index contributed by atoms with van der Waals surface area (Å²) in [4.78, 5) is 24.1. The van der Waals surface area contributed by atoms with Crippen LogP contribution in [0.3, 0.4) is 0 Å². The van der Waals surface area contributed by atoms with Gasteiger partial charge in [0, 0.05) is 6.07 Å². The van der Waals surface area contributed by atoms with Crippen LogP contribution in [-0.4, -0.2) is 11.8 Å². The molecule has 3 rings (SSSR count). The van der Waals surface area contributed by atoms with Gasteiger partial charge in [-0.1, -0.05) is 38.1 Å². The number of Topliss-reactive ketones (excluding diaryl/α,β-unsaturated/α-hetero) is 1. The molecule has 1 aliphatic heterocycles. The summed E-state index contributed by atoms with van der Waals surface area (Å²) in [5.74, 6) is 0.333. The zero-order chi connectivity index (χ0) is 17.3. The standard InChI is InChI=1S/C20H18O4/c1-12(2)20(22)23-15-8-9-16-17(11-15)24-18(19(16)21)10-14-7-5-4-6-13(14)3/h4-12H,1-3H3/b18-10-. The molecule has 0 saturated carbocycles. The smallest absolute Gasteiger partial charge is 0.313 e. The van der Waals surface area contributed by atoms with Crippen LogP contribution in [0, 0.1) is 12.8 Å². The van der Waals surface area contributed by atoms with E-state index in [1.807, 2.05) is 31.2 Å². The van der Waals surface area contributed by atoms with Crippen LogP contribution in [0.2, 0.25) is 0 Å². The number of hydrogen-bond donors (Lipinski definition) is 0. The zero-order valence-corrected chi connectivity index (χ0v) is 13.8. The number of fused-ring (bicyclic) bond motifs is 1. The highest BCUT2D eigenvalue weighted by Gasteiger charge is 2.28. The molecule has 1 aliphatic rings. The molecule has 2 aromatic carbocycles. The van der Waals surface area contributed by atoms with Crippen LogP contribution in [0.5, 0.6) is 11.5 Å². The molecular weight excluding hydrogens is 304 g/mol. The summed E-state index contributed by atoms with van der Waals surface area (Å²) in [6.07, 6.45) is 1.73. The number of rotatable bonds is 3. The molecule has 24 heavy (non-hydrogen) atoms. The predicted molar refractivity (Wildman–Crippen MR) is 91.0 cm³/mol. The monoisotopic (exact) mass is 322 g/mol. The number of carbonyl (C=O) groups excluding carboxylic acids is 2. The van der Waals surface area contributed by atoms with Crippen LogP contribution >= 0.6 is 0 Å². The lowest BCUT2D eigenvalue weighted by Gasteiger charge is -2.07. The molecule has 0 fully saturated rings. The molecule has 0 N–H and O–H groups in total. The van der Waals surface area contributed by atoms with E-state index in [4.69, 9.17) is 9.47 Å². The van der Waals surface area contributed by atoms with Crippen molar-refractivity contribution < 1.29 is 19.1 Å². The minimum absolute atomic E-state index is 0.171. The maximum absolute atomic E-state index is 12.5. The Labute approximate surface area is 140 Å².